The molecule has 1 aromatic rings. The lowest BCUT2D eigenvalue weighted by atomic mass is 10.1. The van der Waals surface area contributed by atoms with E-state index in [9.17, 15) is 0 Å². The van der Waals surface area contributed by atoms with E-state index < -0.39 is 0 Å². The number of nitrogens with zero attached hydrogens (tertiary/aromatic N) is 1. The Morgan fingerprint density at radius 3 is 2.11 bits per heavy atom. The number of benzene rings is 1. The lowest BCUT2D eigenvalue weighted by molar-refractivity contribution is 0.319. The highest BCUT2D eigenvalue weighted by Gasteiger charge is 2.09. The van der Waals surface area contributed by atoms with Crippen LogP contribution in [-0.4, -0.2) is 32.2 Å². The second-order valence-corrected chi connectivity index (χ2v) is 3.52. The normalized spacial score (nSPS) is 11.7. The van der Waals surface area contributed by atoms with Crippen LogP contribution in [0.25, 0.3) is 6.08 Å². The summed E-state index contributed by atoms with van der Waals surface area (Å²) in [6.07, 6.45) is 3.44. The average molecular weight is 251 g/mol. The standard InChI is InChI=1S/C13H17NO4/c1-9(14-15)5-6-10-7-12(17-3)13(18-4)8-11(10)16-2/h5-8,15H,1-4H3/b6-5+,14-9+. The maximum atomic E-state index is 8.58. The minimum Gasteiger partial charge on any atom is -0.496 e. The first-order chi connectivity index (χ1) is 8.65. The van der Waals surface area contributed by atoms with Gasteiger partial charge in [-0.15, -0.1) is 0 Å². The fourth-order valence-electron chi connectivity index (χ4n) is 1.43. The van der Waals surface area contributed by atoms with E-state index in [2.05, 4.69) is 5.16 Å². The van der Waals surface area contributed by atoms with E-state index in [4.69, 9.17) is 19.4 Å². The Kier molecular flexibility index (Phi) is 5.05. The molecule has 0 saturated heterocycles. The smallest absolute Gasteiger partial charge is 0.164 e. The summed E-state index contributed by atoms with van der Waals surface area (Å²) >= 11 is 0. The Hall–Kier alpha value is -2.17. The quantitative estimate of drug-likeness (QED) is 0.496. The monoisotopic (exact) mass is 251 g/mol. The first-order valence-electron chi connectivity index (χ1n) is 5.33. The molecule has 0 unspecified atom stereocenters. The van der Waals surface area contributed by atoms with Gasteiger partial charge in [0.15, 0.2) is 11.5 Å². The van der Waals surface area contributed by atoms with E-state index in [1.165, 1.54) is 0 Å². The molecule has 5 nitrogen and oxygen atoms in total. The van der Waals surface area contributed by atoms with Gasteiger partial charge in [-0.1, -0.05) is 5.16 Å². The summed E-state index contributed by atoms with van der Waals surface area (Å²) in [6.45, 7) is 1.68. The molecule has 0 fully saturated rings. The first-order valence-corrected chi connectivity index (χ1v) is 5.33. The summed E-state index contributed by atoms with van der Waals surface area (Å²) < 4.78 is 15.7. The summed E-state index contributed by atoms with van der Waals surface area (Å²) in [5.41, 5.74) is 1.30. The van der Waals surface area contributed by atoms with E-state index in [-0.39, 0.29) is 0 Å². The van der Waals surface area contributed by atoms with Crippen molar-refractivity contribution in [1.82, 2.24) is 0 Å². The molecule has 1 N–H and O–H groups in total. The maximum Gasteiger partial charge on any atom is 0.164 e. The van der Waals surface area contributed by atoms with Gasteiger partial charge in [-0.05, 0) is 25.1 Å². The Bertz CT molecular complexity index is 466. The van der Waals surface area contributed by atoms with Gasteiger partial charge in [0.1, 0.15) is 5.75 Å². The molecule has 0 aliphatic rings. The number of methoxy groups -OCH3 is 3. The van der Waals surface area contributed by atoms with Gasteiger partial charge in [-0.3, -0.25) is 0 Å². The van der Waals surface area contributed by atoms with Crippen LogP contribution in [0.3, 0.4) is 0 Å². The van der Waals surface area contributed by atoms with Gasteiger partial charge < -0.3 is 19.4 Å². The molecule has 18 heavy (non-hydrogen) atoms. The summed E-state index contributed by atoms with van der Waals surface area (Å²) in [6, 6.07) is 3.53. The third-order valence-electron chi connectivity index (χ3n) is 2.40. The molecule has 1 rings (SSSR count). The number of hydrogen-bond donors (Lipinski definition) is 1. The molecule has 0 heterocycles. The van der Waals surface area contributed by atoms with Crippen molar-refractivity contribution in [2.45, 2.75) is 6.92 Å². The fourth-order valence-corrected chi connectivity index (χ4v) is 1.43. The largest absolute Gasteiger partial charge is 0.496 e. The summed E-state index contributed by atoms with van der Waals surface area (Å²) in [5.74, 6) is 1.85. The van der Waals surface area contributed by atoms with Crippen molar-refractivity contribution in [3.63, 3.8) is 0 Å². The fraction of sp³-hybridized carbons (Fsp3) is 0.308. The Morgan fingerprint density at radius 1 is 1.06 bits per heavy atom. The van der Waals surface area contributed by atoms with Crippen LogP contribution < -0.4 is 14.2 Å². The molecule has 98 valence electrons. The van der Waals surface area contributed by atoms with Crippen molar-refractivity contribution in [1.29, 1.82) is 0 Å². The van der Waals surface area contributed by atoms with Crippen molar-refractivity contribution in [3.8, 4) is 17.2 Å². The highest BCUT2D eigenvalue weighted by atomic mass is 16.5. The van der Waals surface area contributed by atoms with Gasteiger partial charge in [0, 0.05) is 11.6 Å². The van der Waals surface area contributed by atoms with Gasteiger partial charge in [0.05, 0.1) is 27.0 Å². The van der Waals surface area contributed by atoms with Gasteiger partial charge in [0.2, 0.25) is 0 Å². The maximum absolute atomic E-state index is 8.58. The Labute approximate surface area is 106 Å². The average Bonchev–Trinajstić information content (AvgIpc) is 2.43. The van der Waals surface area contributed by atoms with Crippen molar-refractivity contribution >= 4 is 11.8 Å². The number of rotatable bonds is 5. The predicted octanol–water partition coefficient (Wildman–Crippen LogP) is 2.58. The van der Waals surface area contributed by atoms with Crippen LogP contribution in [0.4, 0.5) is 0 Å². The zero-order valence-corrected chi connectivity index (χ0v) is 10.9. The van der Waals surface area contributed by atoms with E-state index >= 15 is 0 Å². The minimum absolute atomic E-state index is 0.492. The van der Waals surface area contributed by atoms with Crippen LogP contribution in [0, 0.1) is 0 Å². The lowest BCUT2D eigenvalue weighted by Crippen LogP contribution is -1.94. The Morgan fingerprint density at radius 2 is 1.61 bits per heavy atom. The van der Waals surface area contributed by atoms with Crippen molar-refractivity contribution < 1.29 is 19.4 Å². The lowest BCUT2D eigenvalue weighted by Gasteiger charge is -2.12. The van der Waals surface area contributed by atoms with Crippen LogP contribution in [0.5, 0.6) is 17.2 Å². The SMILES string of the molecule is COc1cc(OC)c(OC)cc1/C=C/C(C)=N/O. The zero-order valence-electron chi connectivity index (χ0n) is 10.9. The second-order valence-electron chi connectivity index (χ2n) is 3.52. The number of hydrogen-bond acceptors (Lipinski definition) is 5. The van der Waals surface area contributed by atoms with E-state index in [1.807, 2.05) is 0 Å². The molecule has 0 amide bonds. The van der Waals surface area contributed by atoms with E-state index in [0.29, 0.717) is 23.0 Å². The van der Waals surface area contributed by atoms with E-state index in [0.717, 1.165) is 5.56 Å². The van der Waals surface area contributed by atoms with Crippen molar-refractivity contribution in [3.05, 3.63) is 23.8 Å². The van der Waals surface area contributed by atoms with Gasteiger partial charge >= 0.3 is 0 Å². The summed E-state index contributed by atoms with van der Waals surface area (Å²) in [4.78, 5) is 0. The minimum atomic E-state index is 0.492. The molecule has 0 radical (unpaired) electrons. The zero-order chi connectivity index (χ0) is 13.5. The molecular formula is C13H17NO4. The van der Waals surface area contributed by atoms with Crippen LogP contribution in [0.1, 0.15) is 12.5 Å². The Balaban J connectivity index is 3.21. The molecule has 0 aliphatic carbocycles. The molecule has 0 aromatic heterocycles. The van der Waals surface area contributed by atoms with E-state index in [1.54, 1.807) is 52.5 Å². The number of ether oxygens (including phenoxy) is 3. The molecule has 0 aliphatic heterocycles. The first kappa shape index (κ1) is 13.9. The topological polar surface area (TPSA) is 60.3 Å². The third-order valence-corrected chi connectivity index (χ3v) is 2.40. The van der Waals surface area contributed by atoms with Crippen molar-refractivity contribution in [2.24, 2.45) is 5.16 Å². The van der Waals surface area contributed by atoms with Crippen LogP contribution in [-0.2, 0) is 0 Å². The highest BCUT2D eigenvalue weighted by Crippen LogP contribution is 2.35. The molecule has 0 saturated carbocycles. The second kappa shape index (κ2) is 6.54. The summed E-state index contributed by atoms with van der Waals surface area (Å²) in [7, 11) is 4.71. The van der Waals surface area contributed by atoms with Gasteiger partial charge in [-0.25, -0.2) is 0 Å². The third kappa shape index (κ3) is 3.16. The highest BCUT2D eigenvalue weighted by molar-refractivity contribution is 5.96. The molecule has 5 heteroatoms. The van der Waals surface area contributed by atoms with Crippen LogP contribution >= 0.6 is 0 Å². The van der Waals surface area contributed by atoms with Gasteiger partial charge in [0.25, 0.3) is 0 Å². The molecule has 0 atom stereocenters. The molecular weight excluding hydrogens is 234 g/mol. The van der Waals surface area contributed by atoms with Crippen LogP contribution in [0.2, 0.25) is 0 Å². The predicted molar refractivity (Wildman–Crippen MR) is 70.0 cm³/mol. The number of allylic oxidation sites excluding steroid dienone is 1. The molecule has 1 aromatic carbocycles. The van der Waals surface area contributed by atoms with Gasteiger partial charge in [-0.2, -0.15) is 0 Å². The molecule has 0 bridgehead atoms. The van der Waals surface area contributed by atoms with Crippen molar-refractivity contribution in [2.75, 3.05) is 21.3 Å². The molecule has 0 spiro atoms. The number of oxime groups is 1. The van der Waals surface area contributed by atoms with Crippen LogP contribution in [0.15, 0.2) is 23.4 Å². The summed E-state index contributed by atoms with van der Waals surface area (Å²) in [5, 5.41) is 11.7.